The average molecular weight is 473 g/mol. The lowest BCUT2D eigenvalue weighted by atomic mass is 10.1. The first kappa shape index (κ1) is 19.8. The van der Waals surface area contributed by atoms with Crippen molar-refractivity contribution >= 4 is 39.0 Å². The van der Waals surface area contributed by atoms with E-state index in [1.165, 1.54) is 0 Å². The molecule has 8 heteroatoms. The van der Waals surface area contributed by atoms with Crippen LogP contribution in [0.5, 0.6) is 5.75 Å². The molecule has 0 atom stereocenters. The fraction of sp³-hybridized carbons (Fsp3) is 0.286. The molecule has 0 radical (unpaired) electrons. The first-order valence-electron chi connectivity index (χ1n) is 9.38. The lowest BCUT2D eigenvalue weighted by molar-refractivity contribution is 0.0746. The number of anilines is 1. The molecule has 29 heavy (non-hydrogen) atoms. The maximum atomic E-state index is 12.8. The Balaban J connectivity index is 1.31. The number of aromatic nitrogens is 2. The summed E-state index contributed by atoms with van der Waals surface area (Å²) in [5.74, 6) is 1.73. The minimum atomic E-state index is 0.0510. The highest BCUT2D eigenvalue weighted by Crippen LogP contribution is 2.19. The van der Waals surface area contributed by atoms with Crippen LogP contribution in [0, 0.1) is 6.92 Å². The Morgan fingerprint density at radius 2 is 1.90 bits per heavy atom. The van der Waals surface area contributed by atoms with Crippen LogP contribution in [0.1, 0.15) is 21.1 Å². The summed E-state index contributed by atoms with van der Waals surface area (Å²) >= 11 is 5.02. The van der Waals surface area contributed by atoms with Crippen molar-refractivity contribution in [3.05, 3.63) is 68.7 Å². The molecule has 4 rings (SSSR count). The molecule has 3 aromatic rings. The van der Waals surface area contributed by atoms with Crippen LogP contribution in [0.15, 0.2) is 52.4 Å². The van der Waals surface area contributed by atoms with Crippen LogP contribution in [0.2, 0.25) is 0 Å². The number of rotatable bonds is 5. The SMILES string of the molecule is Cc1nc(COc2ccc(C(=O)N3CCN(c4ccc(Br)cn4)CC3)cc2)cs1. The second-order valence-corrected chi connectivity index (χ2v) is 8.76. The summed E-state index contributed by atoms with van der Waals surface area (Å²) in [4.78, 5) is 25.7. The number of amides is 1. The van der Waals surface area contributed by atoms with Crippen molar-refractivity contribution in [3.8, 4) is 5.75 Å². The molecule has 0 N–H and O–H groups in total. The molecular formula is C21H21BrN4O2S. The monoisotopic (exact) mass is 472 g/mol. The number of halogens is 1. The van der Waals surface area contributed by atoms with E-state index in [1.54, 1.807) is 17.5 Å². The van der Waals surface area contributed by atoms with Crippen molar-refractivity contribution in [2.45, 2.75) is 13.5 Å². The Labute approximate surface area is 182 Å². The lowest BCUT2D eigenvalue weighted by Crippen LogP contribution is -2.49. The highest BCUT2D eigenvalue weighted by Gasteiger charge is 2.22. The van der Waals surface area contributed by atoms with Crippen molar-refractivity contribution in [3.63, 3.8) is 0 Å². The summed E-state index contributed by atoms with van der Waals surface area (Å²) in [5, 5.41) is 3.02. The van der Waals surface area contributed by atoms with E-state index in [1.807, 2.05) is 53.6 Å². The summed E-state index contributed by atoms with van der Waals surface area (Å²) in [7, 11) is 0. The number of carbonyl (C=O) groups is 1. The minimum Gasteiger partial charge on any atom is -0.487 e. The first-order valence-corrected chi connectivity index (χ1v) is 11.1. The summed E-state index contributed by atoms with van der Waals surface area (Å²) in [6.07, 6.45) is 1.80. The maximum Gasteiger partial charge on any atom is 0.253 e. The molecule has 0 bridgehead atoms. The van der Waals surface area contributed by atoms with Crippen LogP contribution in [0.3, 0.4) is 0 Å². The van der Waals surface area contributed by atoms with Gasteiger partial charge in [-0.05, 0) is 59.3 Å². The highest BCUT2D eigenvalue weighted by molar-refractivity contribution is 9.10. The van der Waals surface area contributed by atoms with Gasteiger partial charge in [-0.25, -0.2) is 9.97 Å². The molecule has 1 aromatic carbocycles. The van der Waals surface area contributed by atoms with Crippen molar-refractivity contribution < 1.29 is 9.53 Å². The summed E-state index contributed by atoms with van der Waals surface area (Å²) in [6, 6.07) is 11.3. The van der Waals surface area contributed by atoms with Gasteiger partial charge in [-0.3, -0.25) is 4.79 Å². The molecule has 150 valence electrons. The van der Waals surface area contributed by atoms with Gasteiger partial charge in [0.2, 0.25) is 0 Å². The third kappa shape index (κ3) is 4.94. The molecule has 3 heterocycles. The number of benzene rings is 1. The van der Waals surface area contributed by atoms with Gasteiger partial charge in [0.15, 0.2) is 0 Å². The van der Waals surface area contributed by atoms with Gasteiger partial charge in [0, 0.05) is 47.8 Å². The van der Waals surface area contributed by atoms with Crippen molar-refractivity contribution in [1.82, 2.24) is 14.9 Å². The van der Waals surface area contributed by atoms with Gasteiger partial charge in [-0.2, -0.15) is 0 Å². The third-order valence-corrected chi connectivity index (χ3v) is 6.05. The molecule has 2 aromatic heterocycles. The number of thiazole rings is 1. The number of pyridine rings is 1. The molecular weight excluding hydrogens is 452 g/mol. The van der Waals surface area contributed by atoms with E-state index in [0.717, 1.165) is 39.8 Å². The molecule has 1 amide bonds. The van der Waals surface area contributed by atoms with Crippen molar-refractivity contribution in [1.29, 1.82) is 0 Å². The topological polar surface area (TPSA) is 58.6 Å². The zero-order chi connectivity index (χ0) is 20.2. The number of hydrogen-bond donors (Lipinski definition) is 0. The maximum absolute atomic E-state index is 12.8. The van der Waals surface area contributed by atoms with E-state index in [4.69, 9.17) is 4.74 Å². The van der Waals surface area contributed by atoms with Crippen LogP contribution in [0.4, 0.5) is 5.82 Å². The number of aryl methyl sites for hydroxylation is 1. The number of carbonyl (C=O) groups excluding carboxylic acids is 1. The second kappa shape index (κ2) is 8.92. The molecule has 0 saturated carbocycles. The van der Waals surface area contributed by atoms with E-state index < -0.39 is 0 Å². The van der Waals surface area contributed by atoms with Gasteiger partial charge in [-0.1, -0.05) is 0 Å². The summed E-state index contributed by atoms with van der Waals surface area (Å²) < 4.78 is 6.72. The van der Waals surface area contributed by atoms with Gasteiger partial charge < -0.3 is 14.5 Å². The van der Waals surface area contributed by atoms with Gasteiger partial charge >= 0.3 is 0 Å². The van der Waals surface area contributed by atoms with Crippen LogP contribution >= 0.6 is 27.3 Å². The van der Waals surface area contributed by atoms with Gasteiger partial charge in [0.25, 0.3) is 5.91 Å². The normalized spacial score (nSPS) is 14.1. The molecule has 0 spiro atoms. The fourth-order valence-electron chi connectivity index (χ4n) is 3.20. The first-order chi connectivity index (χ1) is 14.1. The molecule has 1 aliphatic heterocycles. The number of ether oxygens (including phenoxy) is 1. The van der Waals surface area contributed by atoms with Crippen LogP contribution in [0.25, 0.3) is 0 Å². The van der Waals surface area contributed by atoms with E-state index >= 15 is 0 Å². The Hall–Kier alpha value is -2.45. The molecule has 6 nitrogen and oxygen atoms in total. The zero-order valence-corrected chi connectivity index (χ0v) is 18.4. The lowest BCUT2D eigenvalue weighted by Gasteiger charge is -2.35. The Morgan fingerprint density at radius 3 is 2.52 bits per heavy atom. The number of piperazine rings is 1. The van der Waals surface area contributed by atoms with Crippen LogP contribution < -0.4 is 9.64 Å². The highest BCUT2D eigenvalue weighted by atomic mass is 79.9. The number of hydrogen-bond acceptors (Lipinski definition) is 6. The zero-order valence-electron chi connectivity index (χ0n) is 16.0. The van der Waals surface area contributed by atoms with E-state index in [2.05, 4.69) is 30.8 Å². The number of nitrogens with zero attached hydrogens (tertiary/aromatic N) is 4. The molecule has 1 fully saturated rings. The quantitative estimate of drug-likeness (QED) is 0.558. The molecule has 1 aliphatic rings. The minimum absolute atomic E-state index is 0.0510. The van der Waals surface area contributed by atoms with E-state index in [9.17, 15) is 4.79 Å². The largest absolute Gasteiger partial charge is 0.487 e. The smallest absolute Gasteiger partial charge is 0.253 e. The standard InChI is InChI=1S/C21H21BrN4O2S/c1-15-24-18(14-29-15)13-28-19-5-2-16(3-6-19)21(27)26-10-8-25(9-11-26)20-7-4-17(22)12-23-20/h2-7,12,14H,8-11,13H2,1H3. The van der Waals surface area contributed by atoms with Crippen LogP contribution in [-0.2, 0) is 6.61 Å². The predicted molar refractivity (Wildman–Crippen MR) is 118 cm³/mol. The summed E-state index contributed by atoms with van der Waals surface area (Å²) in [6.45, 7) is 5.31. The van der Waals surface area contributed by atoms with Crippen molar-refractivity contribution in [2.24, 2.45) is 0 Å². The molecule has 0 unspecified atom stereocenters. The van der Waals surface area contributed by atoms with Crippen molar-refractivity contribution in [2.75, 3.05) is 31.1 Å². The second-order valence-electron chi connectivity index (χ2n) is 6.78. The van der Waals surface area contributed by atoms with Gasteiger partial charge in [0.05, 0.1) is 10.7 Å². The van der Waals surface area contributed by atoms with Gasteiger partial charge in [0.1, 0.15) is 18.2 Å². The Bertz CT molecular complexity index is 967. The Kier molecular flexibility index (Phi) is 6.10. The Morgan fingerprint density at radius 1 is 1.14 bits per heavy atom. The van der Waals surface area contributed by atoms with Gasteiger partial charge in [-0.15, -0.1) is 11.3 Å². The third-order valence-electron chi connectivity index (χ3n) is 4.76. The molecule has 1 saturated heterocycles. The predicted octanol–water partition coefficient (Wildman–Crippen LogP) is 4.15. The van der Waals surface area contributed by atoms with Crippen LogP contribution in [-0.4, -0.2) is 47.0 Å². The van der Waals surface area contributed by atoms with E-state index in [0.29, 0.717) is 25.3 Å². The summed E-state index contributed by atoms with van der Waals surface area (Å²) in [5.41, 5.74) is 1.60. The fourth-order valence-corrected chi connectivity index (χ4v) is 4.03. The molecule has 0 aliphatic carbocycles. The average Bonchev–Trinajstić information content (AvgIpc) is 3.18. The van der Waals surface area contributed by atoms with E-state index in [-0.39, 0.29) is 5.91 Å².